The van der Waals surface area contributed by atoms with Crippen molar-refractivity contribution in [2.24, 2.45) is 0 Å². The van der Waals surface area contributed by atoms with Gasteiger partial charge in [0.1, 0.15) is 0 Å². The number of carbonyl (C=O) groups excluding carboxylic acids is 1. The van der Waals surface area contributed by atoms with Gasteiger partial charge >= 0.3 is 5.97 Å². The largest absolute Gasteiger partial charge is 0.463 e. The van der Waals surface area contributed by atoms with Crippen LogP contribution in [0.2, 0.25) is 0 Å². The second-order valence-electron chi connectivity index (χ2n) is 3.18. The lowest BCUT2D eigenvalue weighted by Gasteiger charge is -2.05. The highest BCUT2D eigenvalue weighted by Crippen LogP contribution is 2.19. The van der Waals surface area contributed by atoms with Crippen LogP contribution in [0.4, 0.5) is 11.4 Å². The molecule has 3 N–H and O–H groups in total. The molecule has 0 atom stereocenters. The Morgan fingerprint density at radius 2 is 2.31 bits per heavy atom. The summed E-state index contributed by atoms with van der Waals surface area (Å²) in [5.74, 6) is -0.342. The van der Waals surface area contributed by atoms with Gasteiger partial charge in [-0.2, -0.15) is 0 Å². The highest BCUT2D eigenvalue weighted by Gasteiger charge is 1.98. The van der Waals surface area contributed by atoms with E-state index < -0.39 is 0 Å². The molecule has 4 heteroatoms. The van der Waals surface area contributed by atoms with Crippen molar-refractivity contribution in [2.45, 2.75) is 6.92 Å². The molecule has 1 aromatic rings. The van der Waals surface area contributed by atoms with Gasteiger partial charge in [0.15, 0.2) is 0 Å². The smallest absolute Gasteiger partial charge is 0.330 e. The molecule has 0 spiro atoms. The lowest BCUT2D eigenvalue weighted by molar-refractivity contribution is -0.137. The number of hydrogen-bond acceptors (Lipinski definition) is 4. The topological polar surface area (TPSA) is 64.3 Å². The maximum absolute atomic E-state index is 11.1. The van der Waals surface area contributed by atoms with Crippen molar-refractivity contribution < 1.29 is 9.53 Å². The number of nitrogens with one attached hydrogen (secondary N) is 1. The molecule has 0 aliphatic carbocycles. The van der Waals surface area contributed by atoms with Gasteiger partial charge in [0.2, 0.25) is 0 Å². The van der Waals surface area contributed by atoms with E-state index in [0.717, 1.165) is 11.3 Å². The maximum Gasteiger partial charge on any atom is 0.330 e. The molecule has 0 aliphatic rings. The number of nitrogen functional groups attached to an aromatic ring is 1. The van der Waals surface area contributed by atoms with Gasteiger partial charge < -0.3 is 15.8 Å². The summed E-state index contributed by atoms with van der Waals surface area (Å²) in [6.45, 7) is 2.15. The summed E-state index contributed by atoms with van der Waals surface area (Å²) in [7, 11) is 1.80. The third-order valence-corrected chi connectivity index (χ3v) is 2.05. The first-order valence-corrected chi connectivity index (χ1v) is 5.09. The zero-order valence-electron chi connectivity index (χ0n) is 9.49. The van der Waals surface area contributed by atoms with Gasteiger partial charge in [-0.25, -0.2) is 4.79 Å². The molecule has 0 amide bonds. The number of esters is 1. The molecule has 0 fully saturated rings. The standard InChI is InChI=1S/C12H16N2O2/c1-3-16-12(15)7-5-9-4-6-10(13)11(8-9)14-2/h4-8,14H,3,13H2,1-2H3. The fraction of sp³-hybridized carbons (Fsp3) is 0.250. The fourth-order valence-corrected chi connectivity index (χ4v) is 1.25. The molecular formula is C12H16N2O2. The average molecular weight is 220 g/mol. The van der Waals surface area contributed by atoms with E-state index >= 15 is 0 Å². The number of ether oxygens (including phenoxy) is 1. The average Bonchev–Trinajstić information content (AvgIpc) is 2.28. The predicted octanol–water partition coefficient (Wildman–Crippen LogP) is 1.89. The third kappa shape index (κ3) is 3.31. The Labute approximate surface area is 95.1 Å². The van der Waals surface area contributed by atoms with Crippen molar-refractivity contribution >= 4 is 23.4 Å². The quantitative estimate of drug-likeness (QED) is 0.462. The van der Waals surface area contributed by atoms with E-state index in [1.54, 1.807) is 26.1 Å². The number of nitrogens with two attached hydrogens (primary N) is 1. The first-order chi connectivity index (χ1) is 7.67. The third-order valence-electron chi connectivity index (χ3n) is 2.05. The highest BCUT2D eigenvalue weighted by molar-refractivity contribution is 5.87. The predicted molar refractivity (Wildman–Crippen MR) is 66.1 cm³/mol. The number of hydrogen-bond donors (Lipinski definition) is 2. The van der Waals surface area contributed by atoms with Crippen molar-refractivity contribution in [3.8, 4) is 0 Å². The van der Waals surface area contributed by atoms with Gasteiger partial charge in [0.05, 0.1) is 18.0 Å². The van der Waals surface area contributed by atoms with E-state index in [1.807, 2.05) is 12.1 Å². The Balaban J connectivity index is 2.78. The molecule has 16 heavy (non-hydrogen) atoms. The minimum Gasteiger partial charge on any atom is -0.463 e. The Kier molecular flexibility index (Phi) is 4.39. The van der Waals surface area contributed by atoms with Gasteiger partial charge in [-0.15, -0.1) is 0 Å². The Morgan fingerprint density at radius 1 is 1.56 bits per heavy atom. The van der Waals surface area contributed by atoms with Crippen LogP contribution in [0.3, 0.4) is 0 Å². The minimum absolute atomic E-state index is 0.342. The van der Waals surface area contributed by atoms with Gasteiger partial charge in [-0.05, 0) is 30.7 Å². The van der Waals surface area contributed by atoms with Crippen LogP contribution < -0.4 is 11.1 Å². The first kappa shape index (κ1) is 12.1. The second-order valence-corrected chi connectivity index (χ2v) is 3.18. The zero-order chi connectivity index (χ0) is 12.0. The van der Waals surface area contributed by atoms with Gasteiger partial charge in [-0.1, -0.05) is 6.07 Å². The number of rotatable bonds is 4. The lowest BCUT2D eigenvalue weighted by Crippen LogP contribution is -1.99. The maximum atomic E-state index is 11.1. The molecule has 86 valence electrons. The van der Waals surface area contributed by atoms with E-state index in [4.69, 9.17) is 10.5 Å². The summed E-state index contributed by atoms with van der Waals surface area (Å²) < 4.78 is 4.78. The van der Waals surface area contributed by atoms with E-state index in [0.29, 0.717) is 12.3 Å². The SMILES string of the molecule is CCOC(=O)C=Cc1ccc(N)c(NC)c1. The van der Waals surface area contributed by atoms with Gasteiger partial charge in [-0.3, -0.25) is 0 Å². The molecule has 0 aliphatic heterocycles. The fourth-order valence-electron chi connectivity index (χ4n) is 1.25. The molecule has 0 saturated carbocycles. The molecular weight excluding hydrogens is 204 g/mol. The summed E-state index contributed by atoms with van der Waals surface area (Å²) in [5, 5.41) is 2.97. The summed E-state index contributed by atoms with van der Waals surface area (Å²) >= 11 is 0. The van der Waals surface area contributed by atoms with Gasteiger partial charge in [0.25, 0.3) is 0 Å². The second kappa shape index (κ2) is 5.80. The highest BCUT2D eigenvalue weighted by atomic mass is 16.5. The van der Waals surface area contributed by atoms with Crippen molar-refractivity contribution in [1.82, 2.24) is 0 Å². The van der Waals surface area contributed by atoms with E-state index in [-0.39, 0.29) is 5.97 Å². The molecule has 0 aromatic heterocycles. The number of benzene rings is 1. The molecule has 0 radical (unpaired) electrons. The van der Waals surface area contributed by atoms with Crippen LogP contribution in [0.25, 0.3) is 6.08 Å². The Bertz CT molecular complexity index is 400. The normalized spacial score (nSPS) is 10.4. The number of carbonyl (C=O) groups is 1. The van der Waals surface area contributed by atoms with Crippen molar-refractivity contribution in [3.63, 3.8) is 0 Å². The van der Waals surface area contributed by atoms with Crippen LogP contribution in [-0.4, -0.2) is 19.6 Å². The van der Waals surface area contributed by atoms with Crippen LogP contribution in [0.1, 0.15) is 12.5 Å². The molecule has 0 bridgehead atoms. The molecule has 1 rings (SSSR count). The molecule has 0 saturated heterocycles. The van der Waals surface area contributed by atoms with Crippen LogP contribution in [0.5, 0.6) is 0 Å². The first-order valence-electron chi connectivity index (χ1n) is 5.09. The monoisotopic (exact) mass is 220 g/mol. The Morgan fingerprint density at radius 3 is 2.94 bits per heavy atom. The van der Waals surface area contributed by atoms with E-state index in [2.05, 4.69) is 5.32 Å². The van der Waals surface area contributed by atoms with Crippen LogP contribution in [-0.2, 0) is 9.53 Å². The summed E-state index contributed by atoms with van der Waals surface area (Å²) in [4.78, 5) is 11.1. The molecule has 4 nitrogen and oxygen atoms in total. The number of anilines is 2. The van der Waals surface area contributed by atoms with Crippen LogP contribution in [0.15, 0.2) is 24.3 Å². The van der Waals surface area contributed by atoms with E-state index in [9.17, 15) is 4.79 Å². The summed E-state index contributed by atoms with van der Waals surface area (Å²) in [6.07, 6.45) is 3.09. The lowest BCUT2D eigenvalue weighted by atomic mass is 10.1. The van der Waals surface area contributed by atoms with Crippen molar-refractivity contribution in [1.29, 1.82) is 0 Å². The Hall–Kier alpha value is -1.97. The molecule has 0 unspecified atom stereocenters. The van der Waals surface area contributed by atoms with Crippen LogP contribution in [0, 0.1) is 0 Å². The zero-order valence-corrected chi connectivity index (χ0v) is 9.49. The van der Waals surface area contributed by atoms with Gasteiger partial charge in [0, 0.05) is 13.1 Å². The van der Waals surface area contributed by atoms with Crippen molar-refractivity contribution in [3.05, 3.63) is 29.8 Å². The van der Waals surface area contributed by atoms with Crippen molar-refractivity contribution in [2.75, 3.05) is 24.7 Å². The summed E-state index contributed by atoms with van der Waals surface area (Å²) in [5.41, 5.74) is 8.14. The van der Waals surface area contributed by atoms with E-state index in [1.165, 1.54) is 6.08 Å². The molecule has 1 aromatic carbocycles. The minimum atomic E-state index is -0.342. The summed E-state index contributed by atoms with van der Waals surface area (Å²) in [6, 6.07) is 5.49. The molecule has 0 heterocycles. The van der Waals surface area contributed by atoms with Crippen LogP contribution >= 0.6 is 0 Å².